The number of hydrogen-bond donors (Lipinski definition) is 0. The van der Waals surface area contributed by atoms with Crippen molar-refractivity contribution in [3.8, 4) is 5.69 Å². The molecule has 3 nitrogen and oxygen atoms in total. The molecule has 11 aromatic rings. The van der Waals surface area contributed by atoms with Crippen LogP contribution in [-0.2, 0) is 0 Å². The van der Waals surface area contributed by atoms with Gasteiger partial charge in [0.05, 0.1) is 22.4 Å². The normalized spacial score (nSPS) is 12.0. The Balaban J connectivity index is 1.27. The van der Waals surface area contributed by atoms with Crippen LogP contribution in [0.25, 0.3) is 80.4 Å². The summed E-state index contributed by atoms with van der Waals surface area (Å²) in [6, 6.07) is 61.3. The predicted octanol–water partition coefficient (Wildman–Crippen LogP) is 13.7. The average molecular weight is 657 g/mol. The van der Waals surface area contributed by atoms with E-state index in [9.17, 15) is 0 Å². The first-order valence-electron chi connectivity index (χ1n) is 16.9. The Hall–Kier alpha value is -6.36. The summed E-state index contributed by atoms with van der Waals surface area (Å²) in [5.74, 6) is 0. The lowest BCUT2D eigenvalue weighted by Gasteiger charge is -2.28. The van der Waals surface area contributed by atoms with Gasteiger partial charge in [-0.25, -0.2) is 0 Å². The summed E-state index contributed by atoms with van der Waals surface area (Å²) in [5, 5.41) is 9.66. The molecular formula is C46H28N2OS. The number of aromatic nitrogens is 1. The average Bonchev–Trinajstić information content (AvgIpc) is 3.86. The molecular weight excluding hydrogens is 629 g/mol. The molecule has 0 saturated heterocycles. The molecule has 8 aromatic carbocycles. The highest BCUT2D eigenvalue weighted by molar-refractivity contribution is 7.26. The van der Waals surface area contributed by atoms with E-state index in [0.717, 1.165) is 44.7 Å². The number of para-hydroxylation sites is 4. The number of fused-ring (bicyclic) bond motifs is 11. The van der Waals surface area contributed by atoms with Crippen LogP contribution in [0, 0.1) is 0 Å². The van der Waals surface area contributed by atoms with Gasteiger partial charge in [0.25, 0.3) is 0 Å². The summed E-state index contributed by atoms with van der Waals surface area (Å²) in [6.45, 7) is 0. The van der Waals surface area contributed by atoms with Crippen molar-refractivity contribution < 1.29 is 4.42 Å². The van der Waals surface area contributed by atoms with Crippen LogP contribution in [0.5, 0.6) is 0 Å². The maximum absolute atomic E-state index is 6.28. The van der Waals surface area contributed by atoms with Crippen molar-refractivity contribution in [2.24, 2.45) is 0 Å². The van der Waals surface area contributed by atoms with Crippen LogP contribution in [0.2, 0.25) is 0 Å². The fourth-order valence-corrected chi connectivity index (χ4v) is 9.18. The Morgan fingerprint density at radius 2 is 1.18 bits per heavy atom. The Bertz CT molecular complexity index is 3110. The number of rotatable bonds is 4. The maximum Gasteiger partial charge on any atom is 0.136 e. The van der Waals surface area contributed by atoms with E-state index in [1.165, 1.54) is 52.8 Å². The van der Waals surface area contributed by atoms with E-state index in [4.69, 9.17) is 4.42 Å². The lowest BCUT2D eigenvalue weighted by molar-refractivity contribution is 0.669. The standard InChI is InChI=1S/C46H28N2OS/c1-2-12-30(13-3-1)48-37-18-7-4-14-33(37)34-17-10-20-39(46(34)48)47(38-19-11-23-43-45(38)36-16-6-9-22-42(36)50-43)31-25-26-32-29(28-31)24-27-41-44(32)35-15-5-8-21-40(35)49-41/h1-28H. The van der Waals surface area contributed by atoms with Crippen molar-refractivity contribution in [1.82, 2.24) is 4.57 Å². The van der Waals surface area contributed by atoms with Crippen LogP contribution in [0.4, 0.5) is 17.1 Å². The minimum Gasteiger partial charge on any atom is -0.456 e. The smallest absolute Gasteiger partial charge is 0.136 e. The van der Waals surface area contributed by atoms with Gasteiger partial charge < -0.3 is 13.9 Å². The molecule has 4 heteroatoms. The van der Waals surface area contributed by atoms with Crippen LogP contribution in [-0.4, -0.2) is 4.57 Å². The summed E-state index contributed by atoms with van der Waals surface area (Å²) < 4.78 is 11.3. The molecule has 0 saturated carbocycles. The molecule has 50 heavy (non-hydrogen) atoms. The molecule has 11 rings (SSSR count). The molecule has 0 N–H and O–H groups in total. The van der Waals surface area contributed by atoms with Gasteiger partial charge in [0.15, 0.2) is 0 Å². The number of furan rings is 1. The van der Waals surface area contributed by atoms with Gasteiger partial charge in [0, 0.05) is 53.1 Å². The molecule has 0 bridgehead atoms. The van der Waals surface area contributed by atoms with E-state index in [1.54, 1.807) is 0 Å². The molecule has 0 spiro atoms. The van der Waals surface area contributed by atoms with Gasteiger partial charge in [0.1, 0.15) is 11.2 Å². The van der Waals surface area contributed by atoms with E-state index >= 15 is 0 Å². The fourth-order valence-electron chi connectivity index (χ4n) is 8.06. The first-order valence-corrected chi connectivity index (χ1v) is 17.8. The van der Waals surface area contributed by atoms with Gasteiger partial charge in [-0.2, -0.15) is 0 Å². The van der Waals surface area contributed by atoms with E-state index < -0.39 is 0 Å². The van der Waals surface area contributed by atoms with Crippen molar-refractivity contribution >= 4 is 103 Å². The molecule has 0 fully saturated rings. The minimum absolute atomic E-state index is 0.912. The zero-order valence-electron chi connectivity index (χ0n) is 26.9. The second-order valence-corrected chi connectivity index (χ2v) is 14.0. The van der Waals surface area contributed by atoms with Gasteiger partial charge in [-0.15, -0.1) is 11.3 Å². The molecule has 0 aliphatic rings. The molecule has 3 heterocycles. The van der Waals surface area contributed by atoms with Gasteiger partial charge >= 0.3 is 0 Å². The largest absolute Gasteiger partial charge is 0.456 e. The summed E-state index contributed by atoms with van der Waals surface area (Å²) in [5.41, 5.74) is 8.71. The Labute approximate surface area is 291 Å². The Kier molecular flexibility index (Phi) is 5.83. The van der Waals surface area contributed by atoms with E-state index in [0.29, 0.717) is 0 Å². The van der Waals surface area contributed by atoms with Crippen LogP contribution in [0.3, 0.4) is 0 Å². The summed E-state index contributed by atoms with van der Waals surface area (Å²) in [4.78, 5) is 2.49. The van der Waals surface area contributed by atoms with Crippen LogP contribution >= 0.6 is 11.3 Å². The van der Waals surface area contributed by atoms with Crippen molar-refractivity contribution in [3.05, 3.63) is 170 Å². The molecule has 0 aliphatic carbocycles. The molecule has 0 atom stereocenters. The van der Waals surface area contributed by atoms with Gasteiger partial charge in [0.2, 0.25) is 0 Å². The lowest BCUT2D eigenvalue weighted by Crippen LogP contribution is -2.12. The summed E-state index contributed by atoms with van der Waals surface area (Å²) in [7, 11) is 0. The summed E-state index contributed by atoms with van der Waals surface area (Å²) >= 11 is 1.85. The topological polar surface area (TPSA) is 21.3 Å². The van der Waals surface area contributed by atoms with E-state index in [1.807, 2.05) is 17.4 Å². The summed E-state index contributed by atoms with van der Waals surface area (Å²) in [6.07, 6.45) is 0. The fraction of sp³-hybridized carbons (Fsp3) is 0. The monoisotopic (exact) mass is 656 g/mol. The van der Waals surface area contributed by atoms with Gasteiger partial charge in [-0.05, 0) is 77.5 Å². The Morgan fingerprint density at radius 3 is 2.10 bits per heavy atom. The third-order valence-corrected chi connectivity index (χ3v) is 11.3. The quantitative estimate of drug-likeness (QED) is 0.188. The number of anilines is 3. The third-order valence-electron chi connectivity index (χ3n) is 10.1. The highest BCUT2D eigenvalue weighted by atomic mass is 32.1. The highest BCUT2D eigenvalue weighted by Crippen LogP contribution is 2.49. The minimum atomic E-state index is 0.912. The zero-order chi connectivity index (χ0) is 32.8. The van der Waals surface area contributed by atoms with Gasteiger partial charge in [-0.1, -0.05) is 103 Å². The second kappa shape index (κ2) is 10.6. The maximum atomic E-state index is 6.28. The third kappa shape index (κ3) is 3.91. The molecule has 0 aliphatic heterocycles. The number of nitrogens with zero attached hydrogens (tertiary/aromatic N) is 2. The van der Waals surface area contributed by atoms with Crippen molar-refractivity contribution in [2.45, 2.75) is 0 Å². The second-order valence-electron chi connectivity index (χ2n) is 12.9. The van der Waals surface area contributed by atoms with Crippen molar-refractivity contribution in [1.29, 1.82) is 0 Å². The first kappa shape index (κ1) is 27.6. The highest BCUT2D eigenvalue weighted by Gasteiger charge is 2.24. The van der Waals surface area contributed by atoms with Crippen LogP contribution in [0.15, 0.2) is 174 Å². The molecule has 0 unspecified atom stereocenters. The van der Waals surface area contributed by atoms with Crippen LogP contribution in [0.1, 0.15) is 0 Å². The molecule has 0 radical (unpaired) electrons. The molecule has 0 amide bonds. The number of hydrogen-bond acceptors (Lipinski definition) is 3. The van der Waals surface area contributed by atoms with E-state index in [2.05, 4.69) is 173 Å². The Morgan fingerprint density at radius 1 is 0.460 bits per heavy atom. The molecule has 3 aromatic heterocycles. The van der Waals surface area contributed by atoms with E-state index in [-0.39, 0.29) is 0 Å². The van der Waals surface area contributed by atoms with Gasteiger partial charge in [-0.3, -0.25) is 0 Å². The SMILES string of the molecule is c1ccc(-n2c3ccccc3c3cccc(N(c4ccc5c(ccc6oc7ccccc7c65)c4)c4cccc5sc6ccccc6c45)c32)cc1. The van der Waals surface area contributed by atoms with Crippen molar-refractivity contribution in [3.63, 3.8) is 0 Å². The lowest BCUT2D eigenvalue weighted by atomic mass is 10.0. The van der Waals surface area contributed by atoms with Crippen molar-refractivity contribution in [2.75, 3.05) is 4.90 Å². The number of benzene rings is 8. The van der Waals surface area contributed by atoms with Crippen LogP contribution < -0.4 is 4.90 Å². The predicted molar refractivity (Wildman–Crippen MR) is 213 cm³/mol. The molecule has 234 valence electrons. The number of thiophene rings is 1. The first-order chi connectivity index (χ1) is 24.8. The zero-order valence-corrected chi connectivity index (χ0v) is 27.7.